The number of nitrogens with zero attached hydrogens (tertiary/aromatic N) is 3. The van der Waals surface area contributed by atoms with E-state index in [1.165, 1.54) is 10.4 Å². The van der Waals surface area contributed by atoms with Crippen molar-refractivity contribution < 1.29 is 17.6 Å². The number of halogens is 1. The van der Waals surface area contributed by atoms with Gasteiger partial charge in [-0.05, 0) is 31.4 Å². The summed E-state index contributed by atoms with van der Waals surface area (Å²) in [7, 11) is -3.38. The van der Waals surface area contributed by atoms with Crippen LogP contribution in [-0.2, 0) is 14.8 Å². The molecule has 0 bridgehead atoms. The lowest BCUT2D eigenvalue weighted by Gasteiger charge is -2.38. The van der Waals surface area contributed by atoms with Crippen LogP contribution in [0, 0.1) is 5.82 Å². The van der Waals surface area contributed by atoms with Gasteiger partial charge in [0.05, 0.1) is 11.4 Å². The van der Waals surface area contributed by atoms with Gasteiger partial charge in [-0.1, -0.05) is 19.1 Å². The first kappa shape index (κ1) is 19.1. The van der Waals surface area contributed by atoms with Gasteiger partial charge in [0.1, 0.15) is 11.9 Å². The molecule has 144 valence electrons. The van der Waals surface area contributed by atoms with E-state index >= 15 is 0 Å². The number of hydrogen-bond donors (Lipinski definition) is 0. The summed E-state index contributed by atoms with van der Waals surface area (Å²) in [6.45, 7) is 4.29. The summed E-state index contributed by atoms with van der Waals surface area (Å²) in [6.07, 6.45) is 1.84. The zero-order valence-corrected chi connectivity index (χ0v) is 15.9. The van der Waals surface area contributed by atoms with Crippen LogP contribution in [0.15, 0.2) is 24.3 Å². The van der Waals surface area contributed by atoms with Crippen LogP contribution in [0.1, 0.15) is 26.2 Å². The third kappa shape index (κ3) is 3.86. The zero-order valence-electron chi connectivity index (χ0n) is 15.1. The summed E-state index contributed by atoms with van der Waals surface area (Å²) in [5.41, 5.74) is 0.549. The number of amides is 1. The molecule has 0 N–H and O–H groups in total. The quantitative estimate of drug-likeness (QED) is 0.776. The van der Waals surface area contributed by atoms with Crippen LogP contribution < -0.4 is 4.90 Å². The highest BCUT2D eigenvalue weighted by Gasteiger charge is 2.40. The van der Waals surface area contributed by atoms with E-state index in [1.807, 2.05) is 11.8 Å². The molecule has 6 nitrogen and oxygen atoms in total. The van der Waals surface area contributed by atoms with E-state index in [4.69, 9.17) is 0 Å². The summed E-state index contributed by atoms with van der Waals surface area (Å²) in [6, 6.07) is 6.05. The van der Waals surface area contributed by atoms with Gasteiger partial charge in [0.25, 0.3) is 0 Å². The maximum Gasteiger partial charge on any atom is 0.241 e. The standard InChI is InChI=1S/C18H26FN3O3S/c1-2-14-26(24,25)22-9-5-8-17(22)18(23)21-12-10-20(11-13-21)16-7-4-3-6-15(16)19/h3-4,6-7,17H,2,5,8-14H2,1H3. The lowest BCUT2D eigenvalue weighted by atomic mass is 10.1. The van der Waals surface area contributed by atoms with Gasteiger partial charge in [0, 0.05) is 32.7 Å². The molecule has 0 radical (unpaired) electrons. The van der Waals surface area contributed by atoms with Crippen molar-refractivity contribution in [3.63, 3.8) is 0 Å². The number of para-hydroxylation sites is 1. The first-order valence-electron chi connectivity index (χ1n) is 9.22. The Hall–Kier alpha value is -1.67. The fraction of sp³-hybridized carbons (Fsp3) is 0.611. The van der Waals surface area contributed by atoms with E-state index in [0.717, 1.165) is 0 Å². The first-order chi connectivity index (χ1) is 12.4. The number of carbonyl (C=O) groups excluding carboxylic acids is 1. The molecule has 1 atom stereocenters. The Labute approximate surface area is 154 Å². The topological polar surface area (TPSA) is 60.9 Å². The molecule has 0 spiro atoms. The van der Waals surface area contributed by atoms with Gasteiger partial charge in [-0.25, -0.2) is 12.8 Å². The zero-order chi connectivity index (χ0) is 18.7. The molecule has 1 aromatic carbocycles. The molecule has 0 saturated carbocycles. The Morgan fingerprint density at radius 3 is 2.50 bits per heavy atom. The number of anilines is 1. The van der Waals surface area contributed by atoms with E-state index in [-0.39, 0.29) is 17.5 Å². The van der Waals surface area contributed by atoms with Crippen LogP contribution in [0.25, 0.3) is 0 Å². The maximum atomic E-state index is 13.9. The Balaban J connectivity index is 1.64. The highest BCUT2D eigenvalue weighted by Crippen LogP contribution is 2.25. The Morgan fingerprint density at radius 2 is 1.85 bits per heavy atom. The lowest BCUT2D eigenvalue weighted by molar-refractivity contribution is -0.134. The van der Waals surface area contributed by atoms with Crippen LogP contribution in [0.5, 0.6) is 0 Å². The van der Waals surface area contributed by atoms with Crippen LogP contribution >= 0.6 is 0 Å². The van der Waals surface area contributed by atoms with Crippen molar-refractivity contribution in [1.29, 1.82) is 0 Å². The molecular formula is C18H26FN3O3S. The molecule has 0 aromatic heterocycles. The molecule has 26 heavy (non-hydrogen) atoms. The predicted octanol–water partition coefficient (Wildman–Crippen LogP) is 1.68. The highest BCUT2D eigenvalue weighted by atomic mass is 32.2. The average molecular weight is 383 g/mol. The molecule has 8 heteroatoms. The van der Waals surface area contributed by atoms with Crippen molar-refractivity contribution in [1.82, 2.24) is 9.21 Å². The molecule has 2 aliphatic rings. The second-order valence-corrected chi connectivity index (χ2v) is 8.89. The minimum atomic E-state index is -3.38. The smallest absolute Gasteiger partial charge is 0.241 e. The molecule has 1 unspecified atom stereocenters. The summed E-state index contributed by atoms with van der Waals surface area (Å²) >= 11 is 0. The van der Waals surface area contributed by atoms with Gasteiger partial charge >= 0.3 is 0 Å². The minimum Gasteiger partial charge on any atom is -0.366 e. The van der Waals surface area contributed by atoms with Gasteiger partial charge < -0.3 is 9.80 Å². The molecule has 2 saturated heterocycles. The number of benzene rings is 1. The van der Waals surface area contributed by atoms with E-state index in [0.29, 0.717) is 57.7 Å². The van der Waals surface area contributed by atoms with Crippen LogP contribution in [0.3, 0.4) is 0 Å². The highest BCUT2D eigenvalue weighted by molar-refractivity contribution is 7.89. The van der Waals surface area contributed by atoms with E-state index in [2.05, 4.69) is 0 Å². The van der Waals surface area contributed by atoms with Crippen molar-refractivity contribution >= 4 is 21.6 Å². The van der Waals surface area contributed by atoms with E-state index in [1.54, 1.807) is 23.1 Å². The predicted molar refractivity (Wildman–Crippen MR) is 99.0 cm³/mol. The Morgan fingerprint density at radius 1 is 1.15 bits per heavy atom. The van der Waals surface area contributed by atoms with Gasteiger partial charge in [-0.3, -0.25) is 4.79 Å². The van der Waals surface area contributed by atoms with Gasteiger partial charge in [0.15, 0.2) is 0 Å². The van der Waals surface area contributed by atoms with Gasteiger partial charge in [-0.2, -0.15) is 4.31 Å². The number of rotatable bonds is 5. The molecule has 2 heterocycles. The van der Waals surface area contributed by atoms with Crippen molar-refractivity contribution in [2.75, 3.05) is 43.4 Å². The normalized spacial score (nSPS) is 22.0. The van der Waals surface area contributed by atoms with Gasteiger partial charge in [-0.15, -0.1) is 0 Å². The molecule has 0 aliphatic carbocycles. The molecular weight excluding hydrogens is 357 g/mol. The lowest BCUT2D eigenvalue weighted by Crippen LogP contribution is -2.54. The second-order valence-electron chi connectivity index (χ2n) is 6.85. The van der Waals surface area contributed by atoms with Crippen molar-refractivity contribution in [3.05, 3.63) is 30.1 Å². The molecule has 1 amide bonds. The second kappa shape index (κ2) is 7.92. The number of hydrogen-bond acceptors (Lipinski definition) is 4. The third-order valence-electron chi connectivity index (χ3n) is 5.09. The SMILES string of the molecule is CCCS(=O)(=O)N1CCCC1C(=O)N1CCN(c2ccccc2F)CC1. The Kier molecular flexibility index (Phi) is 5.82. The van der Waals surface area contributed by atoms with Crippen LogP contribution in [0.2, 0.25) is 0 Å². The minimum absolute atomic E-state index is 0.0812. The van der Waals surface area contributed by atoms with Crippen molar-refractivity contribution in [3.8, 4) is 0 Å². The average Bonchev–Trinajstić information content (AvgIpc) is 3.12. The fourth-order valence-electron chi connectivity index (χ4n) is 3.78. The van der Waals surface area contributed by atoms with Gasteiger partial charge in [0.2, 0.25) is 15.9 Å². The Bertz CT molecular complexity index is 748. The van der Waals surface area contributed by atoms with Crippen molar-refractivity contribution in [2.45, 2.75) is 32.2 Å². The third-order valence-corrected chi connectivity index (χ3v) is 7.17. The molecule has 2 aliphatic heterocycles. The van der Waals surface area contributed by atoms with Crippen molar-refractivity contribution in [2.24, 2.45) is 0 Å². The molecule has 1 aromatic rings. The summed E-state index contributed by atoms with van der Waals surface area (Å²) in [4.78, 5) is 16.6. The fourth-order valence-corrected chi connectivity index (χ4v) is 5.52. The maximum absolute atomic E-state index is 13.9. The van der Waals surface area contributed by atoms with E-state index in [9.17, 15) is 17.6 Å². The molecule has 3 rings (SSSR count). The first-order valence-corrected chi connectivity index (χ1v) is 10.8. The van der Waals surface area contributed by atoms with Crippen LogP contribution in [-0.4, -0.2) is 68.0 Å². The summed E-state index contributed by atoms with van der Waals surface area (Å²) < 4.78 is 40.1. The number of carbonyl (C=O) groups is 1. The number of piperazine rings is 1. The largest absolute Gasteiger partial charge is 0.366 e. The monoisotopic (exact) mass is 383 g/mol. The van der Waals surface area contributed by atoms with Crippen LogP contribution in [0.4, 0.5) is 10.1 Å². The number of sulfonamides is 1. The summed E-state index contributed by atoms with van der Waals surface area (Å²) in [5, 5.41) is 0. The molecule has 2 fully saturated rings. The van der Waals surface area contributed by atoms with E-state index < -0.39 is 16.1 Å². The summed E-state index contributed by atoms with van der Waals surface area (Å²) in [5.74, 6) is -0.298.